The maximum atomic E-state index is 5.57. The van der Waals surface area contributed by atoms with E-state index in [2.05, 4.69) is 79.3 Å². The summed E-state index contributed by atoms with van der Waals surface area (Å²) in [6.45, 7) is 9.98. The second-order valence-electron chi connectivity index (χ2n) is 10.5. The first-order valence-electron chi connectivity index (χ1n) is 15.8. The molecule has 4 aromatic carbocycles. The number of hydrogen-bond acceptors (Lipinski definition) is 4. The van der Waals surface area contributed by atoms with E-state index in [-0.39, 0.29) is 0 Å². The third-order valence-corrected chi connectivity index (χ3v) is 6.78. The Labute approximate surface area is 259 Å². The molecule has 0 fully saturated rings. The van der Waals surface area contributed by atoms with Gasteiger partial charge in [-0.3, -0.25) is 9.98 Å². The maximum absolute atomic E-state index is 5.57. The van der Waals surface area contributed by atoms with Gasteiger partial charge in [0.1, 0.15) is 11.5 Å². The average Bonchev–Trinajstić information content (AvgIpc) is 3.06. The highest BCUT2D eigenvalue weighted by molar-refractivity contribution is 5.82. The van der Waals surface area contributed by atoms with Gasteiger partial charge in [-0.2, -0.15) is 0 Å². The van der Waals surface area contributed by atoms with Crippen molar-refractivity contribution in [2.24, 2.45) is 9.98 Å². The van der Waals surface area contributed by atoms with E-state index in [0.29, 0.717) is 6.61 Å². The Morgan fingerprint density at radius 3 is 1.28 bits per heavy atom. The molecule has 4 rings (SSSR count). The van der Waals surface area contributed by atoms with Crippen LogP contribution in [-0.4, -0.2) is 25.6 Å². The summed E-state index contributed by atoms with van der Waals surface area (Å²) in [6, 6.07) is 33.0. The first kappa shape index (κ1) is 33.3. The van der Waals surface area contributed by atoms with Crippen molar-refractivity contribution in [1.82, 2.24) is 0 Å². The zero-order valence-corrected chi connectivity index (χ0v) is 26.5. The van der Waals surface area contributed by atoms with Crippen LogP contribution in [0.3, 0.4) is 0 Å². The molecule has 0 bridgehead atoms. The number of aliphatic imine (C=N–C) groups is 2. The van der Waals surface area contributed by atoms with Gasteiger partial charge in [-0.1, -0.05) is 57.9 Å². The molecule has 0 heterocycles. The molecule has 0 aliphatic rings. The SMILES string of the molecule is CCCCc1ccc(/N=C/c2ccc(OCC)cc2)cc1.CCCCc1ccc(/N=C/c2ccc(OCCC)cc2)cc1. The van der Waals surface area contributed by atoms with Gasteiger partial charge in [0, 0.05) is 12.4 Å². The second kappa shape index (κ2) is 19.9. The van der Waals surface area contributed by atoms with E-state index in [1.165, 1.54) is 36.8 Å². The monoisotopic (exact) mass is 576 g/mol. The standard InChI is InChI=1S/C20H25NO.C19H23NO/c1-3-5-6-17-7-11-19(12-8-17)21-16-18-9-13-20(14-10-18)22-15-4-2;1-3-5-6-16-7-11-18(12-8-16)20-15-17-9-13-19(14-10-17)21-4-2/h7-14,16H,3-6,15H2,1-2H3;7-15H,3-6H2,1-2H3/b21-16+;20-15+. The van der Waals surface area contributed by atoms with E-state index in [0.717, 1.165) is 59.9 Å². The molecular formula is C39H48N2O2. The topological polar surface area (TPSA) is 43.2 Å². The van der Waals surface area contributed by atoms with Gasteiger partial charge >= 0.3 is 0 Å². The Bertz CT molecular complexity index is 1290. The Hall–Kier alpha value is -4.18. The van der Waals surface area contributed by atoms with Gasteiger partial charge in [-0.25, -0.2) is 0 Å². The third-order valence-electron chi connectivity index (χ3n) is 6.78. The van der Waals surface area contributed by atoms with Crippen LogP contribution in [0.1, 0.15) is 82.1 Å². The first-order chi connectivity index (χ1) is 21.1. The predicted octanol–water partition coefficient (Wildman–Crippen LogP) is 10.7. The quantitative estimate of drug-likeness (QED) is 0.132. The highest BCUT2D eigenvalue weighted by Gasteiger charge is 1.97. The van der Waals surface area contributed by atoms with Gasteiger partial charge in [-0.05, 0) is 134 Å². The number of benzene rings is 4. The lowest BCUT2D eigenvalue weighted by Crippen LogP contribution is -1.94. The number of ether oxygens (including phenoxy) is 2. The Morgan fingerprint density at radius 1 is 0.488 bits per heavy atom. The summed E-state index contributed by atoms with van der Waals surface area (Å²) in [7, 11) is 0. The normalized spacial score (nSPS) is 11.0. The van der Waals surface area contributed by atoms with Crippen LogP contribution in [0.15, 0.2) is 107 Å². The second-order valence-corrected chi connectivity index (χ2v) is 10.5. The Kier molecular flexibility index (Phi) is 15.4. The van der Waals surface area contributed by atoms with E-state index in [9.17, 15) is 0 Å². The molecule has 0 aliphatic heterocycles. The number of unbranched alkanes of at least 4 members (excludes halogenated alkanes) is 2. The summed E-state index contributed by atoms with van der Waals surface area (Å²) in [4.78, 5) is 9.03. The fourth-order valence-electron chi connectivity index (χ4n) is 4.24. The van der Waals surface area contributed by atoms with Gasteiger partial charge in [0.05, 0.1) is 24.6 Å². The van der Waals surface area contributed by atoms with Crippen LogP contribution in [-0.2, 0) is 12.8 Å². The lowest BCUT2D eigenvalue weighted by molar-refractivity contribution is 0.317. The molecule has 0 atom stereocenters. The van der Waals surface area contributed by atoms with E-state index in [1.54, 1.807) is 0 Å². The molecule has 226 valence electrons. The van der Waals surface area contributed by atoms with Crippen molar-refractivity contribution in [2.75, 3.05) is 13.2 Å². The molecule has 0 aliphatic carbocycles. The fourth-order valence-corrected chi connectivity index (χ4v) is 4.24. The zero-order valence-electron chi connectivity index (χ0n) is 26.5. The molecule has 4 aromatic rings. The van der Waals surface area contributed by atoms with Crippen LogP contribution < -0.4 is 9.47 Å². The summed E-state index contributed by atoms with van der Waals surface area (Å²) in [5, 5.41) is 0. The van der Waals surface area contributed by atoms with Gasteiger partial charge < -0.3 is 9.47 Å². The van der Waals surface area contributed by atoms with Gasteiger partial charge in [0.15, 0.2) is 0 Å². The Morgan fingerprint density at radius 2 is 0.907 bits per heavy atom. The molecule has 43 heavy (non-hydrogen) atoms. The number of aryl methyl sites for hydroxylation is 2. The van der Waals surface area contributed by atoms with Crippen molar-refractivity contribution in [3.05, 3.63) is 119 Å². The first-order valence-corrected chi connectivity index (χ1v) is 15.8. The van der Waals surface area contributed by atoms with Crippen LogP contribution in [0.25, 0.3) is 0 Å². The fraction of sp³-hybridized carbons (Fsp3) is 0.333. The van der Waals surface area contributed by atoms with Crippen LogP contribution in [0, 0.1) is 0 Å². The molecule has 0 saturated heterocycles. The molecule has 0 N–H and O–H groups in total. The largest absolute Gasteiger partial charge is 0.494 e. The number of rotatable bonds is 15. The third kappa shape index (κ3) is 13.1. The number of hydrogen-bond donors (Lipinski definition) is 0. The molecule has 0 radical (unpaired) electrons. The van der Waals surface area contributed by atoms with Gasteiger partial charge in [0.25, 0.3) is 0 Å². The minimum Gasteiger partial charge on any atom is -0.494 e. The smallest absolute Gasteiger partial charge is 0.119 e. The molecule has 0 amide bonds. The van der Waals surface area contributed by atoms with Crippen molar-refractivity contribution in [3.63, 3.8) is 0 Å². The lowest BCUT2D eigenvalue weighted by atomic mass is 10.1. The van der Waals surface area contributed by atoms with Crippen molar-refractivity contribution in [2.45, 2.75) is 72.6 Å². The van der Waals surface area contributed by atoms with E-state index < -0.39 is 0 Å². The van der Waals surface area contributed by atoms with Crippen LogP contribution in [0.2, 0.25) is 0 Å². The molecule has 0 unspecified atom stereocenters. The van der Waals surface area contributed by atoms with Gasteiger partial charge in [-0.15, -0.1) is 0 Å². The van der Waals surface area contributed by atoms with E-state index >= 15 is 0 Å². The highest BCUT2D eigenvalue weighted by Crippen LogP contribution is 2.17. The van der Waals surface area contributed by atoms with E-state index in [4.69, 9.17) is 9.47 Å². The molecular weight excluding hydrogens is 528 g/mol. The maximum Gasteiger partial charge on any atom is 0.119 e. The van der Waals surface area contributed by atoms with Gasteiger partial charge in [0.2, 0.25) is 0 Å². The molecule has 0 aromatic heterocycles. The summed E-state index contributed by atoms with van der Waals surface area (Å²) in [5.41, 5.74) is 6.92. The van der Waals surface area contributed by atoms with Crippen molar-refractivity contribution in [3.8, 4) is 11.5 Å². The van der Waals surface area contributed by atoms with Crippen LogP contribution in [0.5, 0.6) is 11.5 Å². The van der Waals surface area contributed by atoms with Crippen molar-refractivity contribution < 1.29 is 9.47 Å². The van der Waals surface area contributed by atoms with Crippen LogP contribution >= 0.6 is 0 Å². The van der Waals surface area contributed by atoms with E-state index in [1.807, 2.05) is 67.9 Å². The highest BCUT2D eigenvalue weighted by atomic mass is 16.5. The minimum atomic E-state index is 0.692. The summed E-state index contributed by atoms with van der Waals surface area (Å²) in [6.07, 6.45) is 12.1. The molecule has 4 nitrogen and oxygen atoms in total. The molecule has 0 spiro atoms. The lowest BCUT2D eigenvalue weighted by Gasteiger charge is -2.04. The molecule has 0 saturated carbocycles. The predicted molar refractivity (Wildman–Crippen MR) is 184 cm³/mol. The summed E-state index contributed by atoms with van der Waals surface area (Å²) < 4.78 is 11.0. The van der Waals surface area contributed by atoms with Crippen molar-refractivity contribution >= 4 is 23.8 Å². The summed E-state index contributed by atoms with van der Waals surface area (Å²) >= 11 is 0. The number of nitrogens with zero attached hydrogens (tertiary/aromatic N) is 2. The zero-order chi connectivity index (χ0) is 30.5. The molecule has 4 heteroatoms. The minimum absolute atomic E-state index is 0.692. The van der Waals surface area contributed by atoms with Crippen LogP contribution in [0.4, 0.5) is 11.4 Å². The average molecular weight is 577 g/mol. The Balaban J connectivity index is 0.000000236. The van der Waals surface area contributed by atoms with Crippen molar-refractivity contribution in [1.29, 1.82) is 0 Å². The summed E-state index contributed by atoms with van der Waals surface area (Å²) in [5.74, 6) is 1.81.